The van der Waals surface area contributed by atoms with Crippen molar-refractivity contribution in [2.45, 2.75) is 83.7 Å². The van der Waals surface area contributed by atoms with Crippen molar-refractivity contribution in [2.24, 2.45) is 5.92 Å². The molecule has 0 aromatic carbocycles. The van der Waals surface area contributed by atoms with Crippen LogP contribution >= 0.6 is 0 Å². The van der Waals surface area contributed by atoms with E-state index < -0.39 is 0 Å². The van der Waals surface area contributed by atoms with Crippen LogP contribution in [0.15, 0.2) is 0 Å². The van der Waals surface area contributed by atoms with Crippen molar-refractivity contribution in [3.63, 3.8) is 0 Å². The molecule has 4 heteroatoms. The molecule has 120 valence electrons. The SMILES string of the molecule is CCC(CC)CNC1CC(=O)N(C2CCCCCC2)C1=O. The van der Waals surface area contributed by atoms with Crippen LogP contribution in [0.3, 0.4) is 0 Å². The summed E-state index contributed by atoms with van der Waals surface area (Å²) in [5.41, 5.74) is 0. The van der Waals surface area contributed by atoms with Crippen molar-refractivity contribution in [3.8, 4) is 0 Å². The molecule has 2 amide bonds. The average Bonchev–Trinajstić information content (AvgIpc) is 2.68. The van der Waals surface area contributed by atoms with Gasteiger partial charge in [-0.05, 0) is 25.3 Å². The predicted octanol–water partition coefficient (Wildman–Crippen LogP) is 2.86. The average molecular weight is 294 g/mol. The number of hydrogen-bond donors (Lipinski definition) is 1. The van der Waals surface area contributed by atoms with Crippen LogP contribution in [0.25, 0.3) is 0 Å². The van der Waals surface area contributed by atoms with Gasteiger partial charge >= 0.3 is 0 Å². The van der Waals surface area contributed by atoms with Gasteiger partial charge in [-0.1, -0.05) is 52.4 Å². The van der Waals surface area contributed by atoms with E-state index in [9.17, 15) is 9.59 Å². The molecule has 0 spiro atoms. The first-order valence-corrected chi connectivity index (χ1v) is 8.76. The molecule has 2 fully saturated rings. The molecule has 1 saturated carbocycles. The van der Waals surface area contributed by atoms with Crippen LogP contribution in [-0.2, 0) is 9.59 Å². The zero-order valence-corrected chi connectivity index (χ0v) is 13.6. The summed E-state index contributed by atoms with van der Waals surface area (Å²) in [4.78, 5) is 26.4. The third-order valence-corrected chi connectivity index (χ3v) is 5.18. The lowest BCUT2D eigenvalue weighted by atomic mass is 10.0. The quantitative estimate of drug-likeness (QED) is 0.605. The number of hydrogen-bond acceptors (Lipinski definition) is 3. The summed E-state index contributed by atoms with van der Waals surface area (Å²) in [5.74, 6) is 0.659. The highest BCUT2D eigenvalue weighted by molar-refractivity contribution is 6.05. The minimum atomic E-state index is -0.277. The standard InChI is InChI=1S/C17H30N2O2/c1-3-13(4-2)12-18-15-11-16(20)19(17(15)21)14-9-7-5-6-8-10-14/h13-15,18H,3-12H2,1-2H3. The smallest absolute Gasteiger partial charge is 0.247 e. The number of imide groups is 1. The molecular weight excluding hydrogens is 264 g/mol. The molecule has 1 atom stereocenters. The number of carbonyl (C=O) groups is 2. The normalized spacial score (nSPS) is 24.9. The van der Waals surface area contributed by atoms with Crippen molar-refractivity contribution in [1.29, 1.82) is 0 Å². The van der Waals surface area contributed by atoms with E-state index in [4.69, 9.17) is 0 Å². The monoisotopic (exact) mass is 294 g/mol. The lowest BCUT2D eigenvalue weighted by Gasteiger charge is -2.25. The molecule has 0 aromatic heterocycles. The summed E-state index contributed by atoms with van der Waals surface area (Å²) in [6, 6.07) is -0.117. The number of rotatable bonds is 6. The summed E-state index contributed by atoms with van der Waals surface area (Å²) >= 11 is 0. The Bertz CT molecular complexity index is 358. The lowest BCUT2D eigenvalue weighted by molar-refractivity contribution is -0.141. The van der Waals surface area contributed by atoms with Crippen molar-refractivity contribution < 1.29 is 9.59 Å². The molecule has 1 aliphatic heterocycles. The molecule has 0 aromatic rings. The third-order valence-electron chi connectivity index (χ3n) is 5.18. The largest absolute Gasteiger partial charge is 0.305 e. The Hall–Kier alpha value is -0.900. The molecule has 0 bridgehead atoms. The van der Waals surface area contributed by atoms with Crippen molar-refractivity contribution in [1.82, 2.24) is 10.2 Å². The molecule has 1 heterocycles. The van der Waals surface area contributed by atoms with Crippen LogP contribution in [0.1, 0.15) is 71.6 Å². The van der Waals surface area contributed by atoms with Crippen LogP contribution in [0.4, 0.5) is 0 Å². The molecule has 1 saturated heterocycles. The Balaban J connectivity index is 1.92. The van der Waals surface area contributed by atoms with E-state index in [0.29, 0.717) is 12.3 Å². The number of likely N-dealkylation sites (tertiary alicyclic amines) is 1. The van der Waals surface area contributed by atoms with Gasteiger partial charge in [0.25, 0.3) is 0 Å². The van der Waals surface area contributed by atoms with Gasteiger partial charge < -0.3 is 5.32 Å². The van der Waals surface area contributed by atoms with Crippen LogP contribution in [0.2, 0.25) is 0 Å². The summed E-state index contributed by atoms with van der Waals surface area (Å²) in [5, 5.41) is 3.34. The fourth-order valence-electron chi connectivity index (χ4n) is 3.60. The fraction of sp³-hybridized carbons (Fsp3) is 0.882. The molecule has 21 heavy (non-hydrogen) atoms. The molecule has 2 aliphatic rings. The maximum absolute atomic E-state index is 12.6. The van der Waals surface area contributed by atoms with Crippen LogP contribution in [-0.4, -0.2) is 35.3 Å². The number of carbonyl (C=O) groups excluding carboxylic acids is 2. The maximum atomic E-state index is 12.6. The highest BCUT2D eigenvalue weighted by Gasteiger charge is 2.41. The number of nitrogens with zero attached hydrogens (tertiary/aromatic N) is 1. The molecule has 2 rings (SSSR count). The maximum Gasteiger partial charge on any atom is 0.247 e. The van der Waals surface area contributed by atoms with E-state index in [1.807, 2.05) is 0 Å². The van der Waals surface area contributed by atoms with Gasteiger partial charge in [0.15, 0.2) is 0 Å². The third kappa shape index (κ3) is 4.06. The fourth-order valence-corrected chi connectivity index (χ4v) is 3.60. The van der Waals surface area contributed by atoms with Gasteiger partial charge in [0.1, 0.15) is 0 Å². The van der Waals surface area contributed by atoms with Gasteiger partial charge in [-0.15, -0.1) is 0 Å². The second-order valence-electron chi connectivity index (χ2n) is 6.59. The summed E-state index contributed by atoms with van der Waals surface area (Å²) in [6.45, 7) is 5.19. The Morgan fingerprint density at radius 3 is 2.29 bits per heavy atom. The second kappa shape index (κ2) is 7.92. The topological polar surface area (TPSA) is 49.4 Å². The summed E-state index contributed by atoms with van der Waals surface area (Å²) < 4.78 is 0. The second-order valence-corrected chi connectivity index (χ2v) is 6.59. The Morgan fingerprint density at radius 2 is 1.71 bits per heavy atom. The molecule has 1 N–H and O–H groups in total. The molecule has 1 aliphatic carbocycles. The van der Waals surface area contributed by atoms with Crippen molar-refractivity contribution in [3.05, 3.63) is 0 Å². The van der Waals surface area contributed by atoms with E-state index in [1.165, 1.54) is 12.8 Å². The van der Waals surface area contributed by atoms with E-state index in [-0.39, 0.29) is 23.9 Å². The molecule has 0 radical (unpaired) electrons. The first-order chi connectivity index (χ1) is 10.2. The lowest BCUT2D eigenvalue weighted by Crippen LogP contribution is -2.44. The highest BCUT2D eigenvalue weighted by atomic mass is 16.2. The van der Waals surface area contributed by atoms with Gasteiger partial charge in [-0.3, -0.25) is 14.5 Å². The number of nitrogens with one attached hydrogen (secondary N) is 1. The zero-order valence-electron chi connectivity index (χ0n) is 13.6. The van der Waals surface area contributed by atoms with Gasteiger partial charge in [0, 0.05) is 6.04 Å². The summed E-state index contributed by atoms with van der Waals surface area (Å²) in [6.07, 6.45) is 9.35. The first-order valence-electron chi connectivity index (χ1n) is 8.76. The Kier molecular flexibility index (Phi) is 6.22. The minimum absolute atomic E-state index is 0.0258. The van der Waals surface area contributed by atoms with Crippen LogP contribution in [0.5, 0.6) is 0 Å². The number of amides is 2. The molecular formula is C17H30N2O2. The first kappa shape index (κ1) is 16.5. The van der Waals surface area contributed by atoms with Gasteiger partial charge in [-0.25, -0.2) is 0 Å². The molecule has 4 nitrogen and oxygen atoms in total. The van der Waals surface area contributed by atoms with Gasteiger partial charge in [-0.2, -0.15) is 0 Å². The van der Waals surface area contributed by atoms with E-state index in [2.05, 4.69) is 19.2 Å². The minimum Gasteiger partial charge on any atom is -0.305 e. The van der Waals surface area contributed by atoms with Crippen LogP contribution in [0, 0.1) is 5.92 Å². The Morgan fingerprint density at radius 1 is 1.10 bits per heavy atom. The van der Waals surface area contributed by atoms with E-state index >= 15 is 0 Å². The van der Waals surface area contributed by atoms with Crippen molar-refractivity contribution in [2.75, 3.05) is 6.54 Å². The Labute approximate surface area is 128 Å². The van der Waals surface area contributed by atoms with Gasteiger partial charge in [0.2, 0.25) is 11.8 Å². The van der Waals surface area contributed by atoms with Crippen molar-refractivity contribution >= 4 is 11.8 Å². The summed E-state index contributed by atoms with van der Waals surface area (Å²) in [7, 11) is 0. The van der Waals surface area contributed by atoms with E-state index in [0.717, 1.165) is 45.1 Å². The zero-order chi connectivity index (χ0) is 15.2. The predicted molar refractivity (Wildman–Crippen MR) is 83.8 cm³/mol. The van der Waals surface area contributed by atoms with Crippen LogP contribution < -0.4 is 5.32 Å². The van der Waals surface area contributed by atoms with Gasteiger partial charge in [0.05, 0.1) is 12.5 Å². The highest BCUT2D eigenvalue weighted by Crippen LogP contribution is 2.26. The van der Waals surface area contributed by atoms with E-state index in [1.54, 1.807) is 4.90 Å². The molecule has 1 unspecified atom stereocenters.